The Morgan fingerprint density at radius 1 is 0.868 bits per heavy atom. The summed E-state index contributed by atoms with van der Waals surface area (Å²) in [6.07, 6.45) is 6.72. The van der Waals surface area contributed by atoms with Gasteiger partial charge in [-0.25, -0.2) is 9.97 Å². The van der Waals surface area contributed by atoms with Crippen molar-refractivity contribution in [3.8, 4) is 40.9 Å². The molecule has 3 aromatic carbocycles. The maximum absolute atomic E-state index is 13.1. The summed E-state index contributed by atoms with van der Waals surface area (Å²) in [6, 6.07) is 20.2. The van der Waals surface area contributed by atoms with Crippen molar-refractivity contribution >= 4 is 45.5 Å². The number of nitrogens with zero attached hydrogens (tertiary/aromatic N) is 6. The minimum Gasteiger partial charge on any atom is -0.494 e. The number of carbonyl (C=O) groups is 3. The van der Waals surface area contributed by atoms with Gasteiger partial charge in [-0.15, -0.1) is 6.42 Å². The van der Waals surface area contributed by atoms with Crippen LogP contribution in [0.5, 0.6) is 5.75 Å². The third-order valence-corrected chi connectivity index (χ3v) is 9.36. The van der Waals surface area contributed by atoms with Crippen molar-refractivity contribution in [2.24, 2.45) is 0 Å². The minimum absolute atomic E-state index is 0.0506. The number of hydrogen-bond donors (Lipinski definition) is 2. The maximum Gasteiger partial charge on any atom is 0.325 e. The summed E-state index contributed by atoms with van der Waals surface area (Å²) < 4.78 is 10.7. The van der Waals surface area contributed by atoms with E-state index in [0.29, 0.717) is 37.6 Å². The molecule has 13 heteroatoms. The average molecular weight is 719 g/mol. The van der Waals surface area contributed by atoms with E-state index in [1.54, 1.807) is 0 Å². The lowest BCUT2D eigenvalue weighted by atomic mass is 10.2. The summed E-state index contributed by atoms with van der Waals surface area (Å²) >= 11 is 0. The van der Waals surface area contributed by atoms with Crippen LogP contribution in [0.4, 0.5) is 5.69 Å². The van der Waals surface area contributed by atoms with Gasteiger partial charge in [0.25, 0.3) is 0 Å². The van der Waals surface area contributed by atoms with E-state index in [9.17, 15) is 14.4 Å². The van der Waals surface area contributed by atoms with Crippen molar-refractivity contribution in [2.45, 2.75) is 26.2 Å². The van der Waals surface area contributed by atoms with Gasteiger partial charge in [-0.1, -0.05) is 25.0 Å². The second-order valence-corrected chi connectivity index (χ2v) is 13.2. The molecule has 0 saturated carbocycles. The first-order valence-electron chi connectivity index (χ1n) is 18.0. The molecule has 13 nitrogen and oxygen atoms in total. The number of anilines is 1. The largest absolute Gasteiger partial charge is 0.494 e. The fourth-order valence-electron chi connectivity index (χ4n) is 6.38. The van der Waals surface area contributed by atoms with Gasteiger partial charge in [-0.05, 0) is 68.4 Å². The molecule has 3 heterocycles. The third kappa shape index (κ3) is 9.14. The highest BCUT2D eigenvalue weighted by molar-refractivity contribution is 5.88. The van der Waals surface area contributed by atoms with Crippen LogP contribution in [0.25, 0.3) is 44.8 Å². The van der Waals surface area contributed by atoms with E-state index >= 15 is 0 Å². The zero-order valence-corrected chi connectivity index (χ0v) is 30.6. The van der Waals surface area contributed by atoms with Crippen molar-refractivity contribution < 1.29 is 23.9 Å². The number of aromatic nitrogens is 4. The van der Waals surface area contributed by atoms with E-state index in [1.807, 2.05) is 43.3 Å². The number of ether oxygens (including phenoxy) is 2. The van der Waals surface area contributed by atoms with Gasteiger partial charge in [0.2, 0.25) is 11.8 Å². The molecule has 0 unspecified atom stereocenters. The summed E-state index contributed by atoms with van der Waals surface area (Å²) in [6.45, 7) is 6.30. The van der Waals surface area contributed by atoms with Gasteiger partial charge >= 0.3 is 5.97 Å². The summed E-state index contributed by atoms with van der Waals surface area (Å²) in [7, 11) is 3.41. The number of likely N-dealkylation sites (N-methyl/N-ethyl adjacent to an activating group) is 1. The number of carbonyl (C=O) groups excluding carboxylic acids is 3. The van der Waals surface area contributed by atoms with Crippen LogP contribution in [0.2, 0.25) is 0 Å². The molecule has 1 saturated heterocycles. The Kier molecular flexibility index (Phi) is 11.9. The first-order valence-corrected chi connectivity index (χ1v) is 18.0. The number of terminal acetylenes is 1. The van der Waals surface area contributed by atoms with Gasteiger partial charge in [0.05, 0.1) is 48.9 Å². The fourth-order valence-corrected chi connectivity index (χ4v) is 6.38. The molecule has 0 radical (unpaired) electrons. The van der Waals surface area contributed by atoms with Gasteiger partial charge in [-0.3, -0.25) is 14.4 Å². The Morgan fingerprint density at radius 2 is 1.57 bits per heavy atom. The molecule has 0 aliphatic carbocycles. The first kappa shape index (κ1) is 36.9. The summed E-state index contributed by atoms with van der Waals surface area (Å²) in [5, 5.41) is 0. The molecule has 6 rings (SSSR count). The van der Waals surface area contributed by atoms with Crippen LogP contribution in [0.3, 0.4) is 0 Å². The van der Waals surface area contributed by atoms with Crippen LogP contribution in [0.1, 0.15) is 26.2 Å². The Hall–Kier alpha value is -5.87. The number of fused-ring (bicyclic) bond motifs is 2. The van der Waals surface area contributed by atoms with Gasteiger partial charge in [0.15, 0.2) is 0 Å². The smallest absolute Gasteiger partial charge is 0.325 e. The number of nitrogens with one attached hydrogen (secondary N) is 2. The van der Waals surface area contributed by atoms with Crippen molar-refractivity contribution in [3.05, 3.63) is 60.7 Å². The Balaban J connectivity index is 1.05. The van der Waals surface area contributed by atoms with E-state index in [0.717, 1.165) is 65.2 Å². The molecule has 0 spiro atoms. The lowest BCUT2D eigenvalue weighted by molar-refractivity contribution is -0.148. The van der Waals surface area contributed by atoms with Crippen molar-refractivity contribution in [3.63, 3.8) is 0 Å². The van der Waals surface area contributed by atoms with Crippen molar-refractivity contribution in [1.82, 2.24) is 34.6 Å². The monoisotopic (exact) mass is 718 g/mol. The number of esters is 1. The summed E-state index contributed by atoms with van der Waals surface area (Å²) in [5.74, 6) is 3.40. The van der Waals surface area contributed by atoms with E-state index in [2.05, 4.69) is 61.7 Å². The van der Waals surface area contributed by atoms with Gasteiger partial charge in [0.1, 0.15) is 23.9 Å². The van der Waals surface area contributed by atoms with E-state index in [-0.39, 0.29) is 32.0 Å². The number of amides is 2. The normalized spacial score (nSPS) is 13.2. The third-order valence-electron chi connectivity index (χ3n) is 9.36. The predicted molar refractivity (Wildman–Crippen MR) is 205 cm³/mol. The van der Waals surface area contributed by atoms with Gasteiger partial charge in [0, 0.05) is 56.0 Å². The molecule has 276 valence electrons. The zero-order valence-electron chi connectivity index (χ0n) is 30.6. The number of hydrogen-bond acceptors (Lipinski definition) is 9. The number of benzene rings is 3. The Labute approximate surface area is 309 Å². The Bertz CT molecular complexity index is 2110. The molecule has 2 aromatic heterocycles. The van der Waals surface area contributed by atoms with Crippen LogP contribution in [0.15, 0.2) is 60.7 Å². The molecule has 1 aliphatic rings. The van der Waals surface area contributed by atoms with Crippen LogP contribution in [0, 0.1) is 12.3 Å². The number of piperazine rings is 1. The zero-order chi connectivity index (χ0) is 37.3. The molecule has 0 bridgehead atoms. The highest BCUT2D eigenvalue weighted by Gasteiger charge is 2.22. The number of aromatic amines is 2. The topological polar surface area (TPSA) is 140 Å². The fraction of sp³-hybridized carbons (Fsp3) is 0.375. The predicted octanol–water partition coefficient (Wildman–Crippen LogP) is 4.56. The number of imidazole rings is 2. The molecule has 1 fully saturated rings. The highest BCUT2D eigenvalue weighted by atomic mass is 16.5. The molecule has 2 amide bonds. The molecule has 0 atom stereocenters. The van der Waals surface area contributed by atoms with E-state index in [1.165, 1.54) is 22.6 Å². The summed E-state index contributed by atoms with van der Waals surface area (Å²) in [4.78, 5) is 61.8. The second kappa shape index (κ2) is 17.1. The number of methoxy groups -OCH3 is 1. The van der Waals surface area contributed by atoms with Crippen LogP contribution in [-0.2, 0) is 19.1 Å². The maximum atomic E-state index is 13.1. The first-order chi connectivity index (χ1) is 25.7. The highest BCUT2D eigenvalue weighted by Crippen LogP contribution is 2.29. The second-order valence-electron chi connectivity index (χ2n) is 13.2. The molecule has 5 aromatic rings. The van der Waals surface area contributed by atoms with Gasteiger partial charge in [-0.2, -0.15) is 0 Å². The minimum atomic E-state index is -0.577. The van der Waals surface area contributed by atoms with Gasteiger partial charge < -0.3 is 39.0 Å². The van der Waals surface area contributed by atoms with Crippen LogP contribution < -0.4 is 9.64 Å². The molecule has 53 heavy (non-hydrogen) atoms. The molecular formula is C40H46N8O5. The number of rotatable bonds is 15. The van der Waals surface area contributed by atoms with Crippen LogP contribution >= 0.6 is 0 Å². The lowest BCUT2D eigenvalue weighted by Crippen LogP contribution is -2.45. The summed E-state index contributed by atoms with van der Waals surface area (Å²) in [5.41, 5.74) is 6.71. The van der Waals surface area contributed by atoms with Crippen molar-refractivity contribution in [1.29, 1.82) is 0 Å². The SMILES string of the molecule is C#CCN(CC(=O)OC)C(=O)CN(CCC)C(=O)CCCOc1cccc(-c2nc3ccc(-c4nc5ccc(N6CCN(C)CC6)cc5[nH]4)cc3[nH]2)c1. The number of H-pyrrole nitrogens is 2. The van der Waals surface area contributed by atoms with E-state index < -0.39 is 11.9 Å². The van der Waals surface area contributed by atoms with E-state index in [4.69, 9.17) is 21.1 Å². The molecular weight excluding hydrogens is 672 g/mol. The average Bonchev–Trinajstić information content (AvgIpc) is 3.80. The Morgan fingerprint density at radius 3 is 2.26 bits per heavy atom. The standard InChI is InChI=1S/C40H46N8O5/c1-5-16-47(26-37(50)48(17-6-2)27-38(51)52-4)36(49)11-8-22-53-31-10-7-9-28(23-31)39-41-32-14-12-29(24-34(32)43-39)40-42-33-15-13-30(25-35(33)44-40)46-20-18-45(3)19-21-46/h2,7,9-10,12-15,23-25H,5,8,11,16-22,26-27H2,1,3-4H3,(H,41,43)(H,42,44). The van der Waals surface area contributed by atoms with Crippen LogP contribution in [-0.4, -0.2) is 126 Å². The quantitative estimate of drug-likeness (QED) is 0.0907. The van der Waals surface area contributed by atoms with Crippen molar-refractivity contribution in [2.75, 3.05) is 78.0 Å². The molecule has 2 N–H and O–H groups in total. The molecule has 1 aliphatic heterocycles. The lowest BCUT2D eigenvalue weighted by Gasteiger charge is -2.34.